The van der Waals surface area contributed by atoms with Crippen LogP contribution in [0.1, 0.15) is 33.1 Å². The zero-order chi connectivity index (χ0) is 18.5. The van der Waals surface area contributed by atoms with E-state index in [1.54, 1.807) is 0 Å². The summed E-state index contributed by atoms with van der Waals surface area (Å²) in [5.74, 6) is 0.0624. The summed E-state index contributed by atoms with van der Waals surface area (Å²) in [5, 5.41) is 1.19. The molecular weight excluding hydrogens is 332 g/mol. The minimum Gasteiger partial charge on any atom is -0.350 e. The number of carbonyl (C=O) groups excluding carboxylic acids is 1. The largest absolute Gasteiger partial charge is 0.350 e. The Bertz CT molecular complexity index is 1170. The van der Waals surface area contributed by atoms with E-state index in [1.807, 2.05) is 35.2 Å². The first-order chi connectivity index (χ1) is 13.1. The standard InChI is InChI=1S/C24H20N2O/c1-16-11-13-17(14-12-16)26-23(19-8-3-4-9-20(19)24(26)27)21-15-25(2)22-10-6-5-7-18(21)22/h3-15,23H,1-2H3. The molecule has 2 heterocycles. The predicted octanol–water partition coefficient (Wildman–Crippen LogP) is 5.24. The van der Waals surface area contributed by atoms with Crippen molar-refractivity contribution in [1.82, 2.24) is 4.57 Å². The topological polar surface area (TPSA) is 25.2 Å². The van der Waals surface area contributed by atoms with Gasteiger partial charge in [0.05, 0.1) is 6.04 Å². The second kappa shape index (κ2) is 5.85. The van der Waals surface area contributed by atoms with Crippen LogP contribution >= 0.6 is 0 Å². The Labute approximate surface area is 158 Å². The van der Waals surface area contributed by atoms with Gasteiger partial charge >= 0.3 is 0 Å². The minimum atomic E-state index is -0.123. The summed E-state index contributed by atoms with van der Waals surface area (Å²) in [6.45, 7) is 2.06. The molecule has 1 unspecified atom stereocenters. The molecule has 3 nitrogen and oxygen atoms in total. The zero-order valence-corrected chi connectivity index (χ0v) is 15.4. The van der Waals surface area contributed by atoms with E-state index in [4.69, 9.17) is 0 Å². The van der Waals surface area contributed by atoms with E-state index < -0.39 is 0 Å². The maximum atomic E-state index is 13.3. The first kappa shape index (κ1) is 15.9. The third-order valence-electron chi connectivity index (χ3n) is 5.50. The van der Waals surface area contributed by atoms with E-state index in [0.29, 0.717) is 0 Å². The molecule has 0 N–H and O–H groups in total. The van der Waals surface area contributed by atoms with Crippen LogP contribution in [-0.4, -0.2) is 10.5 Å². The molecule has 5 rings (SSSR count). The number of anilines is 1. The van der Waals surface area contributed by atoms with E-state index in [-0.39, 0.29) is 11.9 Å². The van der Waals surface area contributed by atoms with Crippen molar-refractivity contribution in [2.75, 3.05) is 4.90 Å². The van der Waals surface area contributed by atoms with Gasteiger partial charge in [-0.05, 0) is 36.8 Å². The van der Waals surface area contributed by atoms with Crippen LogP contribution in [0.5, 0.6) is 0 Å². The number of hydrogen-bond acceptors (Lipinski definition) is 1. The highest BCUT2D eigenvalue weighted by atomic mass is 16.2. The van der Waals surface area contributed by atoms with Gasteiger partial charge in [0.1, 0.15) is 0 Å². The third-order valence-corrected chi connectivity index (χ3v) is 5.50. The Morgan fingerprint density at radius 3 is 2.33 bits per heavy atom. The molecule has 0 radical (unpaired) electrons. The molecule has 0 aliphatic carbocycles. The molecule has 1 atom stereocenters. The first-order valence-electron chi connectivity index (χ1n) is 9.18. The number of rotatable bonds is 2. The van der Waals surface area contributed by atoms with Crippen molar-refractivity contribution in [3.05, 3.63) is 101 Å². The smallest absolute Gasteiger partial charge is 0.259 e. The highest BCUT2D eigenvalue weighted by molar-refractivity contribution is 6.12. The second-order valence-electron chi connectivity index (χ2n) is 7.21. The summed E-state index contributed by atoms with van der Waals surface area (Å²) < 4.78 is 2.14. The van der Waals surface area contributed by atoms with Gasteiger partial charge in [-0.2, -0.15) is 0 Å². The molecule has 132 valence electrons. The van der Waals surface area contributed by atoms with Crippen molar-refractivity contribution >= 4 is 22.5 Å². The van der Waals surface area contributed by atoms with Crippen molar-refractivity contribution in [3.8, 4) is 0 Å². The first-order valence-corrected chi connectivity index (χ1v) is 9.18. The number of hydrogen-bond donors (Lipinski definition) is 0. The van der Waals surface area contributed by atoms with Gasteiger partial charge in [-0.3, -0.25) is 9.69 Å². The maximum absolute atomic E-state index is 13.3. The van der Waals surface area contributed by atoms with E-state index in [0.717, 1.165) is 22.4 Å². The van der Waals surface area contributed by atoms with Gasteiger partial charge in [-0.1, -0.05) is 54.1 Å². The van der Waals surface area contributed by atoms with Gasteiger partial charge in [0.25, 0.3) is 5.91 Å². The Morgan fingerprint density at radius 1 is 0.815 bits per heavy atom. The molecule has 1 aromatic heterocycles. The third kappa shape index (κ3) is 2.32. The Kier molecular flexibility index (Phi) is 3.44. The predicted molar refractivity (Wildman–Crippen MR) is 109 cm³/mol. The highest BCUT2D eigenvalue weighted by Gasteiger charge is 2.39. The SMILES string of the molecule is Cc1ccc(N2C(=O)c3ccccc3C2c2cn(C)c3ccccc23)cc1. The number of amides is 1. The molecule has 27 heavy (non-hydrogen) atoms. The molecule has 0 saturated carbocycles. The minimum absolute atomic E-state index is 0.0624. The number of aryl methyl sites for hydroxylation is 2. The van der Waals surface area contributed by atoms with Crippen LogP contribution < -0.4 is 4.90 Å². The van der Waals surface area contributed by atoms with Crippen LogP contribution in [0, 0.1) is 6.92 Å². The van der Waals surface area contributed by atoms with Crippen LogP contribution in [0.2, 0.25) is 0 Å². The molecule has 4 aromatic rings. The fraction of sp³-hybridized carbons (Fsp3) is 0.125. The van der Waals surface area contributed by atoms with Crippen LogP contribution in [-0.2, 0) is 7.05 Å². The van der Waals surface area contributed by atoms with Crippen molar-refractivity contribution in [3.63, 3.8) is 0 Å². The maximum Gasteiger partial charge on any atom is 0.259 e. The molecule has 0 saturated heterocycles. The van der Waals surface area contributed by atoms with Crippen LogP contribution in [0.15, 0.2) is 79.0 Å². The van der Waals surface area contributed by atoms with Gasteiger partial charge in [-0.15, -0.1) is 0 Å². The lowest BCUT2D eigenvalue weighted by molar-refractivity contribution is 0.0993. The molecule has 1 amide bonds. The highest BCUT2D eigenvalue weighted by Crippen LogP contribution is 2.43. The molecule has 0 bridgehead atoms. The molecule has 3 heteroatoms. The quantitative estimate of drug-likeness (QED) is 0.484. The van der Waals surface area contributed by atoms with E-state index in [1.165, 1.54) is 16.5 Å². The van der Waals surface area contributed by atoms with Gasteiger partial charge in [0.2, 0.25) is 0 Å². The number of carbonyl (C=O) groups is 1. The zero-order valence-electron chi connectivity index (χ0n) is 15.4. The number of aromatic nitrogens is 1. The number of nitrogens with zero attached hydrogens (tertiary/aromatic N) is 2. The Balaban J connectivity index is 1.78. The molecule has 0 spiro atoms. The summed E-state index contributed by atoms with van der Waals surface area (Å²) in [6.07, 6.45) is 2.16. The van der Waals surface area contributed by atoms with E-state index >= 15 is 0 Å². The fourth-order valence-electron chi connectivity index (χ4n) is 4.19. The summed E-state index contributed by atoms with van der Waals surface area (Å²) in [5.41, 5.74) is 6.31. The van der Waals surface area contributed by atoms with Crippen molar-refractivity contribution in [2.24, 2.45) is 7.05 Å². The molecule has 1 aliphatic heterocycles. The Morgan fingerprint density at radius 2 is 1.52 bits per heavy atom. The summed E-state index contributed by atoms with van der Waals surface area (Å²) >= 11 is 0. The fourth-order valence-corrected chi connectivity index (χ4v) is 4.19. The lowest BCUT2D eigenvalue weighted by Crippen LogP contribution is -2.28. The summed E-state index contributed by atoms with van der Waals surface area (Å²) in [4.78, 5) is 15.3. The van der Waals surface area contributed by atoms with Crippen molar-refractivity contribution < 1.29 is 4.79 Å². The molecule has 0 fully saturated rings. The van der Waals surface area contributed by atoms with Gasteiger partial charge in [-0.25, -0.2) is 0 Å². The number of fused-ring (bicyclic) bond motifs is 2. The van der Waals surface area contributed by atoms with Crippen LogP contribution in [0.3, 0.4) is 0 Å². The number of para-hydroxylation sites is 1. The van der Waals surface area contributed by atoms with E-state index in [2.05, 4.69) is 67.2 Å². The molecule has 3 aromatic carbocycles. The Hall–Kier alpha value is -3.33. The lowest BCUT2D eigenvalue weighted by atomic mass is 9.97. The van der Waals surface area contributed by atoms with E-state index in [9.17, 15) is 4.79 Å². The molecule has 1 aliphatic rings. The monoisotopic (exact) mass is 352 g/mol. The average Bonchev–Trinajstić information content (AvgIpc) is 3.18. The summed E-state index contributed by atoms with van der Waals surface area (Å²) in [6, 6.07) is 24.4. The van der Waals surface area contributed by atoms with Crippen molar-refractivity contribution in [2.45, 2.75) is 13.0 Å². The van der Waals surface area contributed by atoms with Gasteiger partial charge in [0.15, 0.2) is 0 Å². The summed E-state index contributed by atoms with van der Waals surface area (Å²) in [7, 11) is 2.06. The average molecular weight is 352 g/mol. The molecular formula is C24H20N2O. The second-order valence-corrected chi connectivity index (χ2v) is 7.21. The van der Waals surface area contributed by atoms with Gasteiger partial charge in [0, 0.05) is 41.0 Å². The van der Waals surface area contributed by atoms with Gasteiger partial charge < -0.3 is 4.57 Å². The van der Waals surface area contributed by atoms with Crippen molar-refractivity contribution in [1.29, 1.82) is 0 Å². The lowest BCUT2D eigenvalue weighted by Gasteiger charge is -2.25. The van der Waals surface area contributed by atoms with Crippen LogP contribution in [0.4, 0.5) is 5.69 Å². The number of benzene rings is 3. The van der Waals surface area contributed by atoms with Crippen LogP contribution in [0.25, 0.3) is 10.9 Å². The normalized spacial score (nSPS) is 16.1.